The maximum Gasteiger partial charge on any atom is 0.0479 e. The van der Waals surface area contributed by atoms with Crippen LogP contribution in [0, 0.1) is 6.92 Å². The molecular formula is C13H22N2O. The number of anilines is 1. The molecular weight excluding hydrogens is 200 g/mol. The van der Waals surface area contributed by atoms with Gasteiger partial charge in [0, 0.05) is 39.5 Å². The fourth-order valence-corrected chi connectivity index (χ4v) is 1.84. The molecule has 90 valence electrons. The van der Waals surface area contributed by atoms with Gasteiger partial charge >= 0.3 is 0 Å². The Morgan fingerprint density at radius 1 is 1.38 bits per heavy atom. The zero-order chi connectivity index (χ0) is 12.0. The number of aryl methyl sites for hydroxylation is 1. The molecule has 0 radical (unpaired) electrons. The van der Waals surface area contributed by atoms with Crippen molar-refractivity contribution in [1.82, 2.24) is 0 Å². The Balaban J connectivity index is 2.64. The lowest BCUT2D eigenvalue weighted by Gasteiger charge is -2.21. The summed E-state index contributed by atoms with van der Waals surface area (Å²) in [6.07, 6.45) is 1.05. The third kappa shape index (κ3) is 3.51. The Morgan fingerprint density at radius 2 is 2.12 bits per heavy atom. The predicted octanol–water partition coefficient (Wildman–Crippen LogP) is 1.93. The zero-order valence-corrected chi connectivity index (χ0v) is 10.5. The molecule has 0 bridgehead atoms. The summed E-state index contributed by atoms with van der Waals surface area (Å²) < 4.78 is 5.05. The monoisotopic (exact) mass is 222 g/mol. The van der Waals surface area contributed by atoms with E-state index in [-0.39, 0.29) is 0 Å². The van der Waals surface area contributed by atoms with Crippen LogP contribution in [0.1, 0.15) is 17.5 Å². The second kappa shape index (κ2) is 6.51. The molecule has 0 atom stereocenters. The molecule has 0 aliphatic rings. The van der Waals surface area contributed by atoms with Gasteiger partial charge in [-0.1, -0.05) is 12.1 Å². The van der Waals surface area contributed by atoms with Gasteiger partial charge in [0.2, 0.25) is 0 Å². The Morgan fingerprint density at radius 3 is 2.69 bits per heavy atom. The van der Waals surface area contributed by atoms with Crippen molar-refractivity contribution in [2.45, 2.75) is 19.9 Å². The fourth-order valence-electron chi connectivity index (χ4n) is 1.84. The molecule has 0 saturated heterocycles. The van der Waals surface area contributed by atoms with Crippen molar-refractivity contribution < 1.29 is 4.74 Å². The standard InChI is InChI=1S/C13H22N2O/c1-11-9-12(10-14)5-6-13(11)15(2)7-4-8-16-3/h5-6,9H,4,7-8,10,14H2,1-3H3. The summed E-state index contributed by atoms with van der Waals surface area (Å²) in [4.78, 5) is 2.26. The van der Waals surface area contributed by atoms with Crippen LogP contribution < -0.4 is 10.6 Å². The van der Waals surface area contributed by atoms with Crippen LogP contribution in [-0.4, -0.2) is 27.3 Å². The van der Waals surface area contributed by atoms with Crippen molar-refractivity contribution in [3.63, 3.8) is 0 Å². The van der Waals surface area contributed by atoms with E-state index in [0.29, 0.717) is 6.54 Å². The number of nitrogens with two attached hydrogens (primary N) is 1. The summed E-state index contributed by atoms with van der Waals surface area (Å²) in [5, 5.41) is 0. The van der Waals surface area contributed by atoms with Crippen LogP contribution in [0.15, 0.2) is 18.2 Å². The van der Waals surface area contributed by atoms with Crippen LogP contribution in [0.3, 0.4) is 0 Å². The topological polar surface area (TPSA) is 38.5 Å². The lowest BCUT2D eigenvalue weighted by Crippen LogP contribution is -2.20. The van der Waals surface area contributed by atoms with Crippen molar-refractivity contribution in [1.29, 1.82) is 0 Å². The number of ether oxygens (including phenoxy) is 1. The van der Waals surface area contributed by atoms with E-state index in [0.717, 1.165) is 19.6 Å². The van der Waals surface area contributed by atoms with Gasteiger partial charge in [0.25, 0.3) is 0 Å². The van der Waals surface area contributed by atoms with Crippen LogP contribution in [0.5, 0.6) is 0 Å². The molecule has 2 N–H and O–H groups in total. The minimum atomic E-state index is 0.606. The van der Waals surface area contributed by atoms with Gasteiger partial charge in [0.15, 0.2) is 0 Å². The average Bonchev–Trinajstić information content (AvgIpc) is 2.29. The minimum absolute atomic E-state index is 0.606. The predicted molar refractivity (Wildman–Crippen MR) is 68.8 cm³/mol. The Kier molecular flexibility index (Phi) is 5.29. The Bertz CT molecular complexity index is 326. The summed E-state index contributed by atoms with van der Waals surface area (Å²) >= 11 is 0. The second-order valence-electron chi connectivity index (χ2n) is 4.09. The van der Waals surface area contributed by atoms with Gasteiger partial charge in [-0.25, -0.2) is 0 Å². The van der Waals surface area contributed by atoms with Crippen LogP contribution in [-0.2, 0) is 11.3 Å². The SMILES string of the molecule is COCCCN(C)c1ccc(CN)cc1C. The van der Waals surface area contributed by atoms with E-state index >= 15 is 0 Å². The van der Waals surface area contributed by atoms with E-state index in [1.165, 1.54) is 16.8 Å². The van der Waals surface area contributed by atoms with Gasteiger partial charge in [0.05, 0.1) is 0 Å². The average molecular weight is 222 g/mol. The normalized spacial score (nSPS) is 10.5. The van der Waals surface area contributed by atoms with Gasteiger partial charge in [-0.15, -0.1) is 0 Å². The molecule has 3 heteroatoms. The Hall–Kier alpha value is -1.06. The summed E-state index contributed by atoms with van der Waals surface area (Å²) in [6, 6.07) is 6.39. The minimum Gasteiger partial charge on any atom is -0.385 e. The number of rotatable bonds is 6. The lowest BCUT2D eigenvalue weighted by molar-refractivity contribution is 0.196. The molecule has 0 aliphatic carbocycles. The molecule has 0 spiro atoms. The first kappa shape index (κ1) is 13.0. The van der Waals surface area contributed by atoms with Crippen molar-refractivity contribution >= 4 is 5.69 Å². The number of methoxy groups -OCH3 is 1. The Labute approximate surface area is 98.2 Å². The van der Waals surface area contributed by atoms with Crippen LogP contribution >= 0.6 is 0 Å². The zero-order valence-electron chi connectivity index (χ0n) is 10.5. The van der Waals surface area contributed by atoms with Gasteiger partial charge < -0.3 is 15.4 Å². The first-order valence-corrected chi connectivity index (χ1v) is 5.68. The maximum atomic E-state index is 5.61. The molecule has 0 aliphatic heterocycles. The van der Waals surface area contributed by atoms with Gasteiger partial charge in [-0.3, -0.25) is 0 Å². The molecule has 0 heterocycles. The third-order valence-corrected chi connectivity index (χ3v) is 2.75. The maximum absolute atomic E-state index is 5.61. The second-order valence-corrected chi connectivity index (χ2v) is 4.09. The van der Waals surface area contributed by atoms with Crippen molar-refractivity contribution in [2.75, 3.05) is 32.2 Å². The highest BCUT2D eigenvalue weighted by molar-refractivity contribution is 5.53. The fraction of sp³-hybridized carbons (Fsp3) is 0.538. The molecule has 0 fully saturated rings. The molecule has 0 aromatic heterocycles. The van der Waals surface area contributed by atoms with E-state index < -0.39 is 0 Å². The van der Waals surface area contributed by atoms with Gasteiger partial charge in [-0.05, 0) is 30.5 Å². The number of nitrogens with zero attached hydrogens (tertiary/aromatic N) is 1. The van der Waals surface area contributed by atoms with Crippen LogP contribution in [0.4, 0.5) is 5.69 Å². The number of benzene rings is 1. The highest BCUT2D eigenvalue weighted by Crippen LogP contribution is 2.20. The molecule has 3 nitrogen and oxygen atoms in total. The van der Waals surface area contributed by atoms with Crippen molar-refractivity contribution in [2.24, 2.45) is 5.73 Å². The van der Waals surface area contributed by atoms with Gasteiger partial charge in [-0.2, -0.15) is 0 Å². The molecule has 0 amide bonds. The third-order valence-electron chi connectivity index (χ3n) is 2.75. The smallest absolute Gasteiger partial charge is 0.0479 e. The quantitative estimate of drug-likeness (QED) is 0.747. The molecule has 1 rings (SSSR count). The summed E-state index contributed by atoms with van der Waals surface area (Å²) in [5.74, 6) is 0. The molecule has 1 aromatic rings. The summed E-state index contributed by atoms with van der Waals surface area (Å²) in [6.45, 7) is 4.55. The largest absolute Gasteiger partial charge is 0.385 e. The van der Waals surface area contributed by atoms with E-state index in [1.54, 1.807) is 7.11 Å². The highest BCUT2D eigenvalue weighted by atomic mass is 16.5. The molecule has 16 heavy (non-hydrogen) atoms. The summed E-state index contributed by atoms with van der Waals surface area (Å²) in [7, 11) is 3.85. The first-order valence-electron chi connectivity index (χ1n) is 5.68. The molecule has 1 aromatic carbocycles. The van der Waals surface area contributed by atoms with Crippen LogP contribution in [0.2, 0.25) is 0 Å². The lowest BCUT2D eigenvalue weighted by atomic mass is 10.1. The van der Waals surface area contributed by atoms with Crippen LogP contribution in [0.25, 0.3) is 0 Å². The van der Waals surface area contributed by atoms with E-state index in [4.69, 9.17) is 10.5 Å². The first-order chi connectivity index (χ1) is 7.69. The van der Waals surface area contributed by atoms with E-state index in [2.05, 4.69) is 37.1 Å². The van der Waals surface area contributed by atoms with E-state index in [1.807, 2.05) is 0 Å². The van der Waals surface area contributed by atoms with Gasteiger partial charge in [0.1, 0.15) is 0 Å². The number of hydrogen-bond acceptors (Lipinski definition) is 3. The molecule has 0 unspecified atom stereocenters. The summed E-state index contributed by atoms with van der Waals surface area (Å²) in [5.41, 5.74) is 9.35. The molecule has 0 saturated carbocycles. The number of hydrogen-bond donors (Lipinski definition) is 1. The van der Waals surface area contributed by atoms with E-state index in [9.17, 15) is 0 Å². The van der Waals surface area contributed by atoms with Crippen molar-refractivity contribution in [3.05, 3.63) is 29.3 Å². The van der Waals surface area contributed by atoms with Crippen molar-refractivity contribution in [3.8, 4) is 0 Å². The highest BCUT2D eigenvalue weighted by Gasteiger charge is 2.04.